The van der Waals surface area contributed by atoms with Crippen molar-refractivity contribution in [3.05, 3.63) is 65.0 Å². The smallest absolute Gasteiger partial charge is 0.150 e. The third-order valence-electron chi connectivity index (χ3n) is 3.13. The van der Waals surface area contributed by atoms with Crippen molar-refractivity contribution in [3.63, 3.8) is 0 Å². The lowest BCUT2D eigenvalue weighted by molar-refractivity contribution is 0.112. The van der Waals surface area contributed by atoms with Crippen molar-refractivity contribution in [2.75, 3.05) is 11.9 Å². The van der Waals surface area contributed by atoms with Crippen molar-refractivity contribution in [2.24, 2.45) is 0 Å². The molecule has 0 aliphatic carbocycles. The second-order valence-electron chi connectivity index (χ2n) is 4.61. The lowest BCUT2D eigenvalue weighted by atomic mass is 10.1. The number of rotatable bonds is 4. The van der Waals surface area contributed by atoms with Crippen LogP contribution in [0.4, 0.5) is 10.1 Å². The number of hydrogen-bond acceptors (Lipinski definition) is 2. The molecule has 2 rings (SSSR count). The maximum atomic E-state index is 13.6. The van der Waals surface area contributed by atoms with Crippen LogP contribution in [-0.2, 0) is 6.54 Å². The summed E-state index contributed by atoms with van der Waals surface area (Å²) in [7, 11) is 1.91. The van der Waals surface area contributed by atoms with Crippen LogP contribution in [0.15, 0.2) is 42.5 Å². The minimum absolute atomic E-state index is 0.198. The number of aryl methyl sites for hydroxylation is 1. The van der Waals surface area contributed by atoms with E-state index in [1.54, 1.807) is 18.2 Å². The van der Waals surface area contributed by atoms with E-state index in [0.29, 0.717) is 17.7 Å². The number of benzene rings is 2. The average molecular weight is 257 g/mol. The van der Waals surface area contributed by atoms with Crippen LogP contribution in [0.5, 0.6) is 0 Å². The zero-order valence-electron chi connectivity index (χ0n) is 11.1. The fraction of sp³-hybridized carbons (Fsp3) is 0.188. The summed E-state index contributed by atoms with van der Waals surface area (Å²) in [6.45, 7) is 2.44. The molecule has 0 N–H and O–H groups in total. The molecule has 0 spiro atoms. The summed E-state index contributed by atoms with van der Waals surface area (Å²) in [5, 5.41) is 0. The van der Waals surface area contributed by atoms with Crippen molar-refractivity contribution in [1.82, 2.24) is 0 Å². The number of anilines is 1. The minimum atomic E-state index is -0.198. The Bertz CT molecular complexity index is 595. The molecule has 0 amide bonds. The summed E-state index contributed by atoms with van der Waals surface area (Å²) in [6.07, 6.45) is 0.827. The van der Waals surface area contributed by atoms with E-state index in [-0.39, 0.29) is 5.82 Å². The highest BCUT2D eigenvalue weighted by Gasteiger charge is 2.08. The molecule has 0 bridgehead atoms. The lowest BCUT2D eigenvalue weighted by Crippen LogP contribution is -2.18. The van der Waals surface area contributed by atoms with Crippen LogP contribution >= 0.6 is 0 Å². The maximum Gasteiger partial charge on any atom is 0.150 e. The monoisotopic (exact) mass is 257 g/mol. The Morgan fingerprint density at radius 3 is 2.58 bits per heavy atom. The van der Waals surface area contributed by atoms with E-state index in [0.717, 1.165) is 17.5 Å². The number of hydrogen-bond donors (Lipinski definition) is 0. The molecule has 0 aliphatic rings. The second kappa shape index (κ2) is 5.65. The molecule has 0 saturated carbocycles. The summed E-state index contributed by atoms with van der Waals surface area (Å²) in [6, 6.07) is 12.2. The van der Waals surface area contributed by atoms with Crippen LogP contribution in [0.1, 0.15) is 21.5 Å². The van der Waals surface area contributed by atoms with E-state index in [9.17, 15) is 9.18 Å². The van der Waals surface area contributed by atoms with E-state index in [1.807, 2.05) is 37.1 Å². The summed E-state index contributed by atoms with van der Waals surface area (Å²) < 4.78 is 13.6. The average Bonchev–Trinajstić information content (AvgIpc) is 2.41. The molecule has 0 saturated heterocycles. The molecule has 0 aliphatic heterocycles. The number of carbonyl (C=O) groups excluding carboxylic acids is 1. The van der Waals surface area contributed by atoms with Crippen molar-refractivity contribution in [3.8, 4) is 0 Å². The topological polar surface area (TPSA) is 20.3 Å². The van der Waals surface area contributed by atoms with Crippen molar-refractivity contribution in [1.29, 1.82) is 0 Å². The van der Waals surface area contributed by atoms with Gasteiger partial charge in [-0.15, -0.1) is 0 Å². The van der Waals surface area contributed by atoms with Gasteiger partial charge in [-0.05, 0) is 36.8 Å². The van der Waals surface area contributed by atoms with Crippen LogP contribution < -0.4 is 4.90 Å². The van der Waals surface area contributed by atoms with Gasteiger partial charge < -0.3 is 4.90 Å². The standard InChI is InChI=1S/C16H16FNO/c1-12-9-13(11-19)7-8-16(12)18(2)10-14-5-3-4-6-15(14)17/h3-9,11H,10H2,1-2H3. The first kappa shape index (κ1) is 13.3. The van der Waals surface area contributed by atoms with E-state index in [4.69, 9.17) is 0 Å². The Kier molecular flexibility index (Phi) is 3.95. The van der Waals surface area contributed by atoms with Gasteiger partial charge in [0.15, 0.2) is 0 Å². The zero-order chi connectivity index (χ0) is 13.8. The Morgan fingerprint density at radius 2 is 1.95 bits per heavy atom. The molecule has 98 valence electrons. The Hall–Kier alpha value is -2.16. The molecule has 0 fully saturated rings. The second-order valence-corrected chi connectivity index (χ2v) is 4.61. The summed E-state index contributed by atoms with van der Waals surface area (Å²) in [5.74, 6) is -0.198. The first-order chi connectivity index (χ1) is 9.11. The van der Waals surface area contributed by atoms with Crippen molar-refractivity contribution >= 4 is 12.0 Å². The first-order valence-electron chi connectivity index (χ1n) is 6.12. The molecule has 0 aromatic heterocycles. The van der Waals surface area contributed by atoms with Gasteiger partial charge in [-0.2, -0.15) is 0 Å². The minimum Gasteiger partial charge on any atom is -0.370 e. The molecular weight excluding hydrogens is 241 g/mol. The van der Waals surface area contributed by atoms with E-state index in [2.05, 4.69) is 0 Å². The SMILES string of the molecule is Cc1cc(C=O)ccc1N(C)Cc1ccccc1F. The van der Waals surface area contributed by atoms with Crippen molar-refractivity contribution in [2.45, 2.75) is 13.5 Å². The van der Waals surface area contributed by atoms with Crippen LogP contribution in [0.25, 0.3) is 0 Å². The quantitative estimate of drug-likeness (QED) is 0.780. The molecule has 19 heavy (non-hydrogen) atoms. The molecular formula is C16H16FNO. The van der Waals surface area contributed by atoms with E-state index >= 15 is 0 Å². The fourth-order valence-corrected chi connectivity index (χ4v) is 2.15. The van der Waals surface area contributed by atoms with Gasteiger partial charge in [0.25, 0.3) is 0 Å². The number of aldehydes is 1. The molecule has 3 heteroatoms. The maximum absolute atomic E-state index is 13.6. The fourth-order valence-electron chi connectivity index (χ4n) is 2.15. The van der Waals surface area contributed by atoms with Gasteiger partial charge in [-0.3, -0.25) is 4.79 Å². The Labute approximate surface area is 112 Å². The zero-order valence-corrected chi connectivity index (χ0v) is 11.1. The molecule has 0 atom stereocenters. The van der Waals surface area contributed by atoms with E-state index in [1.165, 1.54) is 6.07 Å². The van der Waals surface area contributed by atoms with Gasteiger partial charge in [0, 0.05) is 30.4 Å². The van der Waals surface area contributed by atoms with E-state index < -0.39 is 0 Å². The summed E-state index contributed by atoms with van der Waals surface area (Å²) in [4.78, 5) is 12.7. The molecule has 2 aromatic carbocycles. The largest absolute Gasteiger partial charge is 0.370 e. The Balaban J connectivity index is 2.23. The van der Waals surface area contributed by atoms with Crippen LogP contribution in [0.3, 0.4) is 0 Å². The van der Waals surface area contributed by atoms with Gasteiger partial charge >= 0.3 is 0 Å². The highest BCUT2D eigenvalue weighted by atomic mass is 19.1. The highest BCUT2D eigenvalue weighted by molar-refractivity contribution is 5.76. The van der Waals surface area contributed by atoms with Gasteiger partial charge in [0.1, 0.15) is 12.1 Å². The lowest BCUT2D eigenvalue weighted by Gasteiger charge is -2.22. The molecule has 0 unspecified atom stereocenters. The third kappa shape index (κ3) is 2.99. The molecule has 2 nitrogen and oxygen atoms in total. The summed E-state index contributed by atoms with van der Waals surface area (Å²) >= 11 is 0. The number of halogens is 1. The predicted molar refractivity (Wildman–Crippen MR) is 75.1 cm³/mol. The van der Waals surface area contributed by atoms with Gasteiger partial charge in [-0.25, -0.2) is 4.39 Å². The Morgan fingerprint density at radius 1 is 1.21 bits per heavy atom. The molecule has 0 radical (unpaired) electrons. The third-order valence-corrected chi connectivity index (χ3v) is 3.13. The van der Waals surface area contributed by atoms with Crippen LogP contribution in [0, 0.1) is 12.7 Å². The highest BCUT2D eigenvalue weighted by Crippen LogP contribution is 2.22. The number of carbonyl (C=O) groups is 1. The predicted octanol–water partition coefficient (Wildman–Crippen LogP) is 3.58. The van der Waals surface area contributed by atoms with Crippen LogP contribution in [-0.4, -0.2) is 13.3 Å². The van der Waals surface area contributed by atoms with Crippen molar-refractivity contribution < 1.29 is 9.18 Å². The van der Waals surface area contributed by atoms with Gasteiger partial charge in [0.2, 0.25) is 0 Å². The number of nitrogens with zero attached hydrogens (tertiary/aromatic N) is 1. The van der Waals surface area contributed by atoms with Gasteiger partial charge in [-0.1, -0.05) is 18.2 Å². The molecule has 2 aromatic rings. The van der Waals surface area contributed by atoms with Crippen LogP contribution in [0.2, 0.25) is 0 Å². The first-order valence-corrected chi connectivity index (χ1v) is 6.12. The normalized spacial score (nSPS) is 10.3. The van der Waals surface area contributed by atoms with Gasteiger partial charge in [0.05, 0.1) is 0 Å². The summed E-state index contributed by atoms with van der Waals surface area (Å²) in [5.41, 5.74) is 3.31. The molecule has 0 heterocycles.